The van der Waals surface area contributed by atoms with Crippen molar-refractivity contribution >= 4 is 23.8 Å². The van der Waals surface area contributed by atoms with E-state index in [4.69, 9.17) is 10.2 Å². The van der Waals surface area contributed by atoms with E-state index in [0.717, 1.165) is 10.6 Å². The summed E-state index contributed by atoms with van der Waals surface area (Å²) in [6.07, 6.45) is -11.0. The highest BCUT2D eigenvalue weighted by Gasteiger charge is 2.63. The molecule has 0 heterocycles. The van der Waals surface area contributed by atoms with Crippen molar-refractivity contribution in [2.75, 3.05) is 26.6 Å². The molecule has 0 spiro atoms. The molecule has 2 atom stereocenters. The summed E-state index contributed by atoms with van der Waals surface area (Å²) in [6, 6.07) is 0. The van der Waals surface area contributed by atoms with Gasteiger partial charge in [0.1, 0.15) is 0 Å². The highest BCUT2D eigenvalue weighted by molar-refractivity contribution is 5.88. The molecule has 0 aromatic heterocycles. The SMILES string of the molecule is CCOC(=O)C(O)(NC(=O)CF)C(F)(F)F.CCOC(=O)C(O)(NC(=O)CF)C(F)(F)F.O. The van der Waals surface area contributed by atoms with E-state index in [9.17, 15) is 54.3 Å². The average molecular weight is 512 g/mol. The summed E-state index contributed by atoms with van der Waals surface area (Å²) in [6.45, 7) is -2.10. The molecule has 6 N–H and O–H groups in total. The van der Waals surface area contributed by atoms with Crippen LogP contribution in [0.4, 0.5) is 35.1 Å². The second kappa shape index (κ2) is 13.7. The summed E-state index contributed by atoms with van der Waals surface area (Å²) in [5.74, 6) is -7.81. The lowest BCUT2D eigenvalue weighted by molar-refractivity contribution is -0.271. The number of halogens is 8. The summed E-state index contributed by atoms with van der Waals surface area (Å²) in [5.41, 5.74) is -8.46. The lowest BCUT2D eigenvalue weighted by Crippen LogP contribution is -2.65. The molecular weight excluding hydrogens is 492 g/mol. The summed E-state index contributed by atoms with van der Waals surface area (Å²) >= 11 is 0. The molecule has 0 bridgehead atoms. The quantitative estimate of drug-likeness (QED) is 0.180. The molecule has 0 rings (SSSR count). The molecule has 0 aromatic rings. The van der Waals surface area contributed by atoms with E-state index in [1.165, 1.54) is 13.8 Å². The zero-order valence-electron chi connectivity index (χ0n) is 16.7. The molecular formula is C14H20F8N2O9. The van der Waals surface area contributed by atoms with Crippen LogP contribution in [0.3, 0.4) is 0 Å². The van der Waals surface area contributed by atoms with E-state index >= 15 is 0 Å². The van der Waals surface area contributed by atoms with Crippen molar-refractivity contribution in [2.24, 2.45) is 0 Å². The minimum absolute atomic E-state index is 0. The number of rotatable bonds is 8. The maximum absolute atomic E-state index is 12.3. The monoisotopic (exact) mass is 512 g/mol. The van der Waals surface area contributed by atoms with Gasteiger partial charge in [-0.05, 0) is 13.8 Å². The third-order valence-corrected chi connectivity index (χ3v) is 2.85. The largest absolute Gasteiger partial charge is 0.462 e. The predicted octanol–water partition coefficient (Wildman–Crippen LogP) is -1.05. The fraction of sp³-hybridized carbons (Fsp3) is 0.714. The van der Waals surface area contributed by atoms with Crippen molar-refractivity contribution in [3.05, 3.63) is 0 Å². The minimum Gasteiger partial charge on any atom is -0.462 e. The molecule has 11 nitrogen and oxygen atoms in total. The Morgan fingerprint density at radius 2 is 0.939 bits per heavy atom. The zero-order chi connectivity index (χ0) is 26.0. The first-order chi connectivity index (χ1) is 14.4. The molecule has 0 saturated carbocycles. The van der Waals surface area contributed by atoms with E-state index in [1.807, 2.05) is 0 Å². The first kappa shape index (κ1) is 34.8. The Hall–Kier alpha value is -2.80. The van der Waals surface area contributed by atoms with Crippen LogP contribution in [0.5, 0.6) is 0 Å². The molecule has 0 radical (unpaired) electrons. The Balaban J connectivity index is -0.000000529. The second-order valence-corrected chi connectivity index (χ2v) is 5.22. The lowest BCUT2D eigenvalue weighted by Gasteiger charge is -2.28. The maximum atomic E-state index is 12.3. The second-order valence-electron chi connectivity index (χ2n) is 5.22. The van der Waals surface area contributed by atoms with Gasteiger partial charge >= 0.3 is 35.7 Å². The van der Waals surface area contributed by atoms with E-state index in [1.54, 1.807) is 0 Å². The highest BCUT2D eigenvalue weighted by Crippen LogP contribution is 2.30. The van der Waals surface area contributed by atoms with E-state index in [0.29, 0.717) is 0 Å². The molecule has 0 aliphatic rings. The molecule has 0 saturated heterocycles. The number of carbonyl (C=O) groups excluding carboxylic acids is 4. The Morgan fingerprint density at radius 1 is 0.697 bits per heavy atom. The van der Waals surface area contributed by atoms with Crippen molar-refractivity contribution in [3.8, 4) is 0 Å². The van der Waals surface area contributed by atoms with Crippen LogP contribution < -0.4 is 10.6 Å². The molecule has 0 aliphatic heterocycles. The molecule has 0 fully saturated rings. The number of carbonyl (C=O) groups is 4. The van der Waals surface area contributed by atoms with Gasteiger partial charge in [0.15, 0.2) is 13.3 Å². The topological polar surface area (TPSA) is 183 Å². The number of alkyl halides is 8. The van der Waals surface area contributed by atoms with Gasteiger partial charge < -0.3 is 35.8 Å². The first-order valence-electron chi connectivity index (χ1n) is 8.04. The molecule has 19 heteroatoms. The van der Waals surface area contributed by atoms with Crippen molar-refractivity contribution in [1.29, 1.82) is 0 Å². The molecule has 33 heavy (non-hydrogen) atoms. The summed E-state index contributed by atoms with van der Waals surface area (Å²) < 4.78 is 105. The normalized spacial score (nSPS) is 14.7. The Kier molecular flexibility index (Phi) is 14.4. The van der Waals surface area contributed by atoms with Gasteiger partial charge in [-0.25, -0.2) is 18.4 Å². The zero-order valence-corrected chi connectivity index (χ0v) is 16.7. The minimum atomic E-state index is -5.51. The van der Waals surface area contributed by atoms with E-state index < -0.39 is 74.1 Å². The predicted molar refractivity (Wildman–Crippen MR) is 87.1 cm³/mol. The Morgan fingerprint density at radius 3 is 1.09 bits per heavy atom. The highest BCUT2D eigenvalue weighted by atomic mass is 19.4. The number of esters is 2. The standard InChI is InChI=1S/2C7H9F4NO4.H2O/c2*1-2-16-5(14)6(15,7(9,10)11)12-4(13)3-8;/h2*15H,2-3H2,1H3,(H,12,13);1H2. The van der Waals surface area contributed by atoms with Crippen LogP contribution in [0.15, 0.2) is 0 Å². The van der Waals surface area contributed by atoms with Crippen molar-refractivity contribution in [1.82, 2.24) is 10.6 Å². The Labute approximate surface area is 179 Å². The summed E-state index contributed by atoms with van der Waals surface area (Å²) in [5, 5.41) is 19.5. The van der Waals surface area contributed by atoms with Gasteiger partial charge in [-0.1, -0.05) is 0 Å². The summed E-state index contributed by atoms with van der Waals surface area (Å²) in [4.78, 5) is 42.5. The van der Waals surface area contributed by atoms with Gasteiger partial charge in [0, 0.05) is 0 Å². The van der Waals surface area contributed by atoms with Crippen LogP contribution in [-0.2, 0) is 28.7 Å². The lowest BCUT2D eigenvalue weighted by atomic mass is 10.2. The van der Waals surface area contributed by atoms with Crippen LogP contribution in [0.1, 0.15) is 13.8 Å². The number of amides is 2. The van der Waals surface area contributed by atoms with Gasteiger partial charge in [0.2, 0.25) is 0 Å². The average Bonchev–Trinajstić information content (AvgIpc) is 2.66. The first-order valence-corrected chi connectivity index (χ1v) is 8.04. The van der Waals surface area contributed by atoms with Crippen molar-refractivity contribution in [2.45, 2.75) is 37.7 Å². The number of aliphatic hydroxyl groups is 2. The number of hydrogen-bond donors (Lipinski definition) is 4. The van der Waals surface area contributed by atoms with Gasteiger partial charge in [0.25, 0.3) is 11.8 Å². The smallest absolute Gasteiger partial charge is 0.448 e. The Bertz CT molecular complexity index is 618. The van der Waals surface area contributed by atoms with Crippen LogP contribution in [0.25, 0.3) is 0 Å². The van der Waals surface area contributed by atoms with Gasteiger partial charge in [-0.3, -0.25) is 9.59 Å². The maximum Gasteiger partial charge on any atom is 0.448 e. The molecule has 2 amide bonds. The van der Waals surface area contributed by atoms with E-state index in [2.05, 4.69) is 9.47 Å². The van der Waals surface area contributed by atoms with Crippen molar-refractivity contribution in [3.63, 3.8) is 0 Å². The fourth-order valence-electron chi connectivity index (χ4n) is 1.42. The third-order valence-electron chi connectivity index (χ3n) is 2.85. The van der Waals surface area contributed by atoms with Gasteiger partial charge in [0.05, 0.1) is 13.2 Å². The van der Waals surface area contributed by atoms with Gasteiger partial charge in [-0.15, -0.1) is 0 Å². The van der Waals surface area contributed by atoms with Gasteiger partial charge in [-0.2, -0.15) is 26.3 Å². The van der Waals surface area contributed by atoms with Crippen LogP contribution in [-0.4, -0.2) is 89.8 Å². The van der Waals surface area contributed by atoms with Crippen molar-refractivity contribution < 1.29 is 79.5 Å². The molecule has 2 unspecified atom stereocenters. The van der Waals surface area contributed by atoms with Crippen LogP contribution >= 0.6 is 0 Å². The van der Waals surface area contributed by atoms with E-state index in [-0.39, 0.29) is 5.48 Å². The molecule has 0 aromatic carbocycles. The number of ether oxygens (including phenoxy) is 2. The third kappa shape index (κ3) is 9.70. The summed E-state index contributed by atoms with van der Waals surface area (Å²) in [7, 11) is 0. The number of hydrogen-bond acceptors (Lipinski definition) is 8. The molecule has 196 valence electrons. The van der Waals surface area contributed by atoms with Crippen LogP contribution in [0, 0.1) is 0 Å². The molecule has 0 aliphatic carbocycles. The van der Waals surface area contributed by atoms with Crippen LogP contribution in [0.2, 0.25) is 0 Å². The fourth-order valence-corrected chi connectivity index (χ4v) is 1.42. The number of nitrogens with one attached hydrogen (secondary N) is 2.